The number of carbonyl (C=O) groups excluding carboxylic acids is 10. The van der Waals surface area contributed by atoms with Gasteiger partial charge in [0.25, 0.3) is 0 Å². The molecule has 0 aromatic heterocycles. The van der Waals surface area contributed by atoms with Crippen LogP contribution >= 0.6 is 0 Å². The zero-order valence-electron chi connectivity index (χ0n) is 36.6. The van der Waals surface area contributed by atoms with Gasteiger partial charge in [-0.15, -0.1) is 0 Å². The Morgan fingerprint density at radius 3 is 1.11 bits per heavy atom. The summed E-state index contributed by atoms with van der Waals surface area (Å²) >= 11 is 0. The minimum Gasteiger partial charge on any atom is -0.463 e. The molecule has 0 spiro atoms. The summed E-state index contributed by atoms with van der Waals surface area (Å²) in [5.74, 6) is -8.68. The first-order valence-corrected chi connectivity index (χ1v) is 19.6. The number of carbonyl (C=O) groups is 10. The molecule has 0 bridgehead atoms. The first-order chi connectivity index (χ1) is 29.9. The molecule has 26 nitrogen and oxygen atoms in total. The maximum atomic E-state index is 12.8. The molecule has 3 saturated heterocycles. The number of hydrogen-bond acceptors (Lipinski definition) is 24. The minimum atomic E-state index is -2.13. The lowest BCUT2D eigenvalue weighted by molar-refractivity contribution is -0.350. The number of aliphatic hydroxyl groups excluding tert-OH is 1. The Morgan fingerprint density at radius 2 is 0.734 bits per heavy atom. The maximum Gasteiger partial charge on any atom is 0.303 e. The molecule has 3 rings (SSSR count). The molecule has 15 atom stereocenters. The van der Waals surface area contributed by atoms with E-state index < -0.39 is 171 Å². The lowest BCUT2D eigenvalue weighted by atomic mass is 9.94. The monoisotopic (exact) mass is 922 g/mol. The second-order valence-corrected chi connectivity index (χ2v) is 14.6. The normalized spacial score (nSPS) is 32.3. The first-order valence-electron chi connectivity index (χ1n) is 19.6. The predicted octanol–water partition coefficient (Wildman–Crippen LogP) is -2.72. The molecule has 2 amide bonds. The van der Waals surface area contributed by atoms with Crippen LogP contribution in [0.25, 0.3) is 0 Å². The summed E-state index contributed by atoms with van der Waals surface area (Å²) in [6.45, 7) is 8.32. The van der Waals surface area contributed by atoms with Gasteiger partial charge < -0.3 is 77.3 Å². The molecule has 0 aromatic carbocycles. The molecule has 3 aliphatic heterocycles. The van der Waals surface area contributed by atoms with Crippen molar-refractivity contribution in [2.75, 3.05) is 19.8 Å². The molecule has 0 aliphatic carbocycles. The molecule has 0 radical (unpaired) electrons. The van der Waals surface area contributed by atoms with Gasteiger partial charge in [-0.3, -0.25) is 47.9 Å². The van der Waals surface area contributed by atoms with Crippen LogP contribution in [0.3, 0.4) is 0 Å². The Bertz CT molecular complexity index is 1740. The van der Waals surface area contributed by atoms with Crippen LogP contribution in [-0.4, -0.2) is 176 Å². The summed E-state index contributed by atoms with van der Waals surface area (Å²) in [6.07, 6.45) is -22.0. The smallest absolute Gasteiger partial charge is 0.303 e. The zero-order chi connectivity index (χ0) is 48.2. The topological polar surface area (TPSA) is 335 Å². The average molecular weight is 923 g/mol. The van der Waals surface area contributed by atoms with E-state index in [9.17, 15) is 53.1 Å². The molecule has 3 heterocycles. The Labute approximate surface area is 365 Å². The minimum absolute atomic E-state index is 0.589. The lowest BCUT2D eigenvalue weighted by Gasteiger charge is -2.49. The fourth-order valence-corrected chi connectivity index (χ4v) is 7.02. The quantitative estimate of drug-likeness (QED) is 0.0985. The summed E-state index contributed by atoms with van der Waals surface area (Å²) in [5.41, 5.74) is 0. The fourth-order valence-electron chi connectivity index (χ4n) is 7.02. The van der Waals surface area contributed by atoms with E-state index in [0.717, 1.165) is 69.2 Å². The third kappa shape index (κ3) is 15.6. The molecule has 3 fully saturated rings. The third-order valence-corrected chi connectivity index (χ3v) is 9.07. The van der Waals surface area contributed by atoms with Crippen molar-refractivity contribution in [2.24, 2.45) is 0 Å². The van der Waals surface area contributed by atoms with Crippen LogP contribution in [0, 0.1) is 0 Å². The molecular formula is C38H54N2O24. The maximum absolute atomic E-state index is 12.8. The van der Waals surface area contributed by atoms with Crippen LogP contribution in [0.2, 0.25) is 0 Å². The summed E-state index contributed by atoms with van der Waals surface area (Å²) < 4.78 is 73.3. The molecule has 360 valence electrons. The van der Waals surface area contributed by atoms with Gasteiger partial charge in [0, 0.05) is 69.2 Å². The van der Waals surface area contributed by atoms with Crippen LogP contribution in [0.4, 0.5) is 0 Å². The van der Waals surface area contributed by atoms with E-state index in [1.807, 2.05) is 0 Å². The van der Waals surface area contributed by atoms with E-state index in [1.54, 1.807) is 0 Å². The highest BCUT2D eigenvalue weighted by Crippen LogP contribution is 2.35. The Balaban J connectivity index is 2.16. The summed E-state index contributed by atoms with van der Waals surface area (Å²) in [5, 5.41) is 16.4. The van der Waals surface area contributed by atoms with Crippen LogP contribution in [0.15, 0.2) is 0 Å². The Kier molecular flexibility index (Phi) is 19.8. The second kappa shape index (κ2) is 23.9. The summed E-state index contributed by atoms with van der Waals surface area (Å²) in [7, 11) is 0. The van der Waals surface area contributed by atoms with E-state index in [2.05, 4.69) is 10.6 Å². The standard InChI is InChI=1S/C38H54N2O24/c1-14(41)39-27-32(58-21(8)48)29(55-18(5)45)25(11-52-16(3)43)62-37(27)54-13-24-31(57-20(7)47)34(35(36(51)61-24)60-23(10)50)64-38-28(40-15(2)42)33(59-22(9)49)30(56-19(6)46)26(63-38)12-53-17(4)44/h24-38,51H,11-13H2,1-10H3,(H,39,41)(H,40,42)/t24-,25-,26-,27+,28+,29-,30-,31+,32-,33-,34+,35-,36+,37-,38+/m1/s1. The van der Waals surface area contributed by atoms with Gasteiger partial charge in [0.1, 0.15) is 49.7 Å². The van der Waals surface area contributed by atoms with Crippen molar-refractivity contribution < 1.29 is 115 Å². The fraction of sp³-hybridized carbons (Fsp3) is 0.737. The summed E-state index contributed by atoms with van der Waals surface area (Å²) in [6, 6.07) is -3.08. The van der Waals surface area contributed by atoms with Crippen molar-refractivity contribution in [3.8, 4) is 0 Å². The number of ether oxygens (including phenoxy) is 13. The average Bonchev–Trinajstić information content (AvgIpc) is 3.14. The van der Waals surface area contributed by atoms with Gasteiger partial charge >= 0.3 is 47.8 Å². The van der Waals surface area contributed by atoms with Gasteiger partial charge in [0.15, 0.2) is 55.5 Å². The van der Waals surface area contributed by atoms with Gasteiger partial charge in [-0.25, -0.2) is 0 Å². The van der Waals surface area contributed by atoms with E-state index >= 15 is 0 Å². The van der Waals surface area contributed by atoms with Crippen LogP contribution < -0.4 is 10.6 Å². The molecule has 64 heavy (non-hydrogen) atoms. The zero-order valence-corrected chi connectivity index (χ0v) is 36.6. The van der Waals surface area contributed by atoms with Gasteiger partial charge in [0.05, 0.1) is 6.61 Å². The van der Waals surface area contributed by atoms with Crippen molar-refractivity contribution >= 4 is 59.6 Å². The van der Waals surface area contributed by atoms with Crippen molar-refractivity contribution in [3.63, 3.8) is 0 Å². The molecule has 0 unspecified atom stereocenters. The SMILES string of the molecule is CC(=O)N[C@@H]1[C@H](OC[C@H]2O[C@H](O)[C@H](OC(C)=O)[C@@H](O[C@@H]3O[C@H](COC(C)=O)[C@@H](OC(C)=O)[C@H](OC(C)=O)[C@@H]3NC(C)=O)[C@H]2OC(C)=O)O[C@H](COC(C)=O)[C@@H](OC(C)=O)[C@@H]1OC(C)=O. The van der Waals surface area contributed by atoms with Gasteiger partial charge in [0.2, 0.25) is 11.8 Å². The highest BCUT2D eigenvalue weighted by Gasteiger charge is 2.57. The van der Waals surface area contributed by atoms with Crippen molar-refractivity contribution in [2.45, 2.75) is 161 Å². The van der Waals surface area contributed by atoms with E-state index in [-0.39, 0.29) is 0 Å². The third-order valence-electron chi connectivity index (χ3n) is 9.07. The molecule has 0 saturated carbocycles. The van der Waals surface area contributed by atoms with Crippen molar-refractivity contribution in [3.05, 3.63) is 0 Å². The van der Waals surface area contributed by atoms with E-state index in [1.165, 1.54) is 0 Å². The van der Waals surface area contributed by atoms with Crippen LogP contribution in [0.1, 0.15) is 69.2 Å². The van der Waals surface area contributed by atoms with Crippen molar-refractivity contribution in [1.29, 1.82) is 0 Å². The molecule has 0 aromatic rings. The highest BCUT2D eigenvalue weighted by molar-refractivity contribution is 5.74. The Hall–Kier alpha value is -5.54. The van der Waals surface area contributed by atoms with Crippen LogP contribution in [0.5, 0.6) is 0 Å². The molecule has 3 aliphatic rings. The van der Waals surface area contributed by atoms with Crippen LogP contribution in [-0.2, 0) is 110 Å². The van der Waals surface area contributed by atoms with Gasteiger partial charge in [-0.05, 0) is 0 Å². The molecule has 3 N–H and O–H groups in total. The van der Waals surface area contributed by atoms with E-state index in [4.69, 9.17) is 61.6 Å². The number of rotatable bonds is 17. The largest absolute Gasteiger partial charge is 0.463 e. The second-order valence-electron chi connectivity index (χ2n) is 14.6. The molecule has 26 heteroatoms. The highest BCUT2D eigenvalue weighted by atomic mass is 16.8. The number of amides is 2. The lowest BCUT2D eigenvalue weighted by Crippen LogP contribution is -2.69. The number of esters is 8. The number of hydrogen-bond donors (Lipinski definition) is 3. The molecular weight excluding hydrogens is 868 g/mol. The Morgan fingerprint density at radius 1 is 0.406 bits per heavy atom. The first kappa shape index (κ1) is 52.8. The van der Waals surface area contributed by atoms with Gasteiger partial charge in [-0.1, -0.05) is 0 Å². The predicted molar refractivity (Wildman–Crippen MR) is 201 cm³/mol. The number of nitrogens with one attached hydrogen (secondary N) is 2. The van der Waals surface area contributed by atoms with E-state index in [0.29, 0.717) is 0 Å². The summed E-state index contributed by atoms with van der Waals surface area (Å²) in [4.78, 5) is 123. The number of aliphatic hydroxyl groups is 1. The van der Waals surface area contributed by atoms with Crippen molar-refractivity contribution in [1.82, 2.24) is 10.6 Å². The van der Waals surface area contributed by atoms with Gasteiger partial charge in [-0.2, -0.15) is 0 Å².